The molecule has 9 heteroatoms. The predicted molar refractivity (Wildman–Crippen MR) is 117 cm³/mol. The molecule has 0 spiro atoms. The highest BCUT2D eigenvalue weighted by molar-refractivity contribution is 5.79. The lowest BCUT2D eigenvalue weighted by Crippen LogP contribution is -2.52. The molecule has 2 fully saturated rings. The highest BCUT2D eigenvalue weighted by Crippen LogP contribution is 2.31. The summed E-state index contributed by atoms with van der Waals surface area (Å²) in [6.07, 6.45) is 2.44. The van der Waals surface area contributed by atoms with Gasteiger partial charge in [-0.2, -0.15) is 0 Å². The Morgan fingerprint density at radius 1 is 1.26 bits per heavy atom. The number of benzene rings is 1. The van der Waals surface area contributed by atoms with Crippen molar-refractivity contribution in [2.75, 3.05) is 39.9 Å². The number of hydrogen-bond donors (Lipinski definition) is 1. The molecule has 2 aliphatic heterocycles. The van der Waals surface area contributed by atoms with Crippen LogP contribution in [0.1, 0.15) is 35.8 Å². The van der Waals surface area contributed by atoms with Crippen LogP contribution >= 0.6 is 0 Å². The van der Waals surface area contributed by atoms with E-state index in [9.17, 15) is 4.79 Å². The Labute approximate surface area is 181 Å². The van der Waals surface area contributed by atoms with Crippen molar-refractivity contribution in [1.82, 2.24) is 35.0 Å². The molecule has 2 aliphatic rings. The Kier molecular flexibility index (Phi) is 5.56. The van der Waals surface area contributed by atoms with Gasteiger partial charge in [0.25, 0.3) is 5.56 Å². The number of nitrogens with one attached hydrogen (secondary N) is 1. The molecule has 2 aromatic heterocycles. The Balaban J connectivity index is 1.60. The number of aryl methyl sites for hydroxylation is 1. The Morgan fingerprint density at radius 3 is 3.03 bits per heavy atom. The fourth-order valence-corrected chi connectivity index (χ4v) is 5.04. The molecule has 2 saturated heterocycles. The molecule has 4 heterocycles. The highest BCUT2D eigenvalue weighted by atomic mass is 16.5. The molecule has 1 aromatic carbocycles. The molecule has 0 amide bonds. The first-order chi connectivity index (χ1) is 15.1. The second kappa shape index (κ2) is 8.49. The summed E-state index contributed by atoms with van der Waals surface area (Å²) in [6, 6.07) is 8.33. The minimum atomic E-state index is -0.303. The third-order valence-corrected chi connectivity index (χ3v) is 6.62. The van der Waals surface area contributed by atoms with Gasteiger partial charge in [0.15, 0.2) is 5.82 Å². The summed E-state index contributed by atoms with van der Waals surface area (Å²) in [5.41, 5.74) is 2.61. The van der Waals surface area contributed by atoms with Gasteiger partial charge in [-0.05, 0) is 60.3 Å². The Morgan fingerprint density at radius 2 is 2.16 bits per heavy atom. The lowest BCUT2D eigenvalue weighted by Gasteiger charge is -2.41. The normalized spacial score (nSPS) is 20.9. The predicted octanol–water partition coefficient (Wildman–Crippen LogP) is 1.34. The molecule has 31 heavy (non-hydrogen) atoms. The number of pyridine rings is 1. The number of methoxy groups -OCH3 is 1. The van der Waals surface area contributed by atoms with Gasteiger partial charge < -0.3 is 9.72 Å². The summed E-state index contributed by atoms with van der Waals surface area (Å²) in [4.78, 5) is 21.3. The van der Waals surface area contributed by atoms with Crippen LogP contribution in [0.4, 0.5) is 0 Å². The van der Waals surface area contributed by atoms with Gasteiger partial charge in [-0.3, -0.25) is 14.6 Å². The number of aromatic nitrogens is 5. The number of tetrazole rings is 1. The lowest BCUT2D eigenvalue weighted by atomic mass is 10.0. The number of H-pyrrole nitrogens is 1. The number of ether oxygens (including phenoxy) is 1. The molecular formula is C22H29N7O2. The van der Waals surface area contributed by atoms with E-state index in [1.54, 1.807) is 11.8 Å². The fourth-order valence-electron chi connectivity index (χ4n) is 5.04. The molecule has 0 saturated carbocycles. The van der Waals surface area contributed by atoms with E-state index in [4.69, 9.17) is 4.74 Å². The van der Waals surface area contributed by atoms with Crippen LogP contribution in [-0.2, 0) is 11.3 Å². The topological polar surface area (TPSA) is 92.2 Å². The van der Waals surface area contributed by atoms with Crippen LogP contribution in [-0.4, -0.2) is 80.9 Å². The largest absolute Gasteiger partial charge is 0.383 e. The molecule has 0 radical (unpaired) electrons. The molecule has 5 rings (SSSR count). The first kappa shape index (κ1) is 20.3. The van der Waals surface area contributed by atoms with Crippen LogP contribution in [0.5, 0.6) is 0 Å². The van der Waals surface area contributed by atoms with Gasteiger partial charge in [-0.25, -0.2) is 4.68 Å². The number of rotatable bonds is 6. The first-order valence-electron chi connectivity index (χ1n) is 11.0. The van der Waals surface area contributed by atoms with Crippen molar-refractivity contribution >= 4 is 10.9 Å². The van der Waals surface area contributed by atoms with Crippen molar-refractivity contribution in [2.45, 2.75) is 38.4 Å². The second-order valence-corrected chi connectivity index (χ2v) is 8.63. The van der Waals surface area contributed by atoms with E-state index in [2.05, 4.69) is 43.3 Å². The number of fused-ring (bicyclic) bond motifs is 2. The van der Waals surface area contributed by atoms with Gasteiger partial charge in [-0.15, -0.1) is 5.10 Å². The average Bonchev–Trinajstić information content (AvgIpc) is 3.42. The Hall–Kier alpha value is -2.62. The number of piperazine rings is 1. The van der Waals surface area contributed by atoms with Crippen molar-refractivity contribution in [3.63, 3.8) is 0 Å². The van der Waals surface area contributed by atoms with Gasteiger partial charge in [0.05, 0.1) is 13.2 Å². The minimum Gasteiger partial charge on any atom is -0.383 e. The summed E-state index contributed by atoms with van der Waals surface area (Å²) in [6.45, 7) is 7.08. The van der Waals surface area contributed by atoms with Crippen molar-refractivity contribution in [3.8, 4) is 0 Å². The van der Waals surface area contributed by atoms with E-state index in [1.165, 1.54) is 19.4 Å². The number of aromatic amines is 1. The molecule has 0 bridgehead atoms. The number of nitrogens with zero attached hydrogens (tertiary/aromatic N) is 6. The van der Waals surface area contributed by atoms with Gasteiger partial charge >= 0.3 is 0 Å². The average molecular weight is 424 g/mol. The standard InChI is InChI=1S/C22H29N7O2/c1-15-5-6-19-16(12-15)13-18(22(30)23-19)20(21-24-25-26-29(21)10-11-31-2)28-9-8-27-7-3-4-17(27)14-28/h5-6,12-13,17,20H,3-4,7-11,14H2,1-2H3,(H,23,30)/t17-,20+/m1/s1. The summed E-state index contributed by atoms with van der Waals surface area (Å²) in [5.74, 6) is 0.695. The summed E-state index contributed by atoms with van der Waals surface area (Å²) in [7, 11) is 1.66. The van der Waals surface area contributed by atoms with Gasteiger partial charge in [0.2, 0.25) is 0 Å². The quantitative estimate of drug-likeness (QED) is 0.640. The number of hydrogen-bond acceptors (Lipinski definition) is 7. The van der Waals surface area contributed by atoms with Gasteiger partial charge in [0.1, 0.15) is 6.04 Å². The van der Waals surface area contributed by atoms with E-state index in [1.807, 2.05) is 18.2 Å². The van der Waals surface area contributed by atoms with Crippen molar-refractivity contribution < 1.29 is 4.74 Å². The van der Waals surface area contributed by atoms with Crippen LogP contribution < -0.4 is 5.56 Å². The van der Waals surface area contributed by atoms with Crippen molar-refractivity contribution in [2.24, 2.45) is 0 Å². The van der Waals surface area contributed by atoms with E-state index < -0.39 is 0 Å². The van der Waals surface area contributed by atoms with Crippen molar-refractivity contribution in [3.05, 3.63) is 51.6 Å². The van der Waals surface area contributed by atoms with Crippen LogP contribution in [0.2, 0.25) is 0 Å². The minimum absolute atomic E-state index is 0.0866. The van der Waals surface area contributed by atoms with Crippen molar-refractivity contribution in [1.29, 1.82) is 0 Å². The van der Waals surface area contributed by atoms with Crippen LogP contribution in [0.25, 0.3) is 10.9 Å². The molecule has 0 aliphatic carbocycles. The molecular weight excluding hydrogens is 394 g/mol. The lowest BCUT2D eigenvalue weighted by molar-refractivity contribution is 0.0781. The van der Waals surface area contributed by atoms with E-state index in [0.29, 0.717) is 30.6 Å². The highest BCUT2D eigenvalue weighted by Gasteiger charge is 2.37. The second-order valence-electron chi connectivity index (χ2n) is 8.63. The molecule has 3 aromatic rings. The molecule has 0 unspecified atom stereocenters. The maximum Gasteiger partial charge on any atom is 0.253 e. The fraction of sp³-hybridized carbons (Fsp3) is 0.545. The monoisotopic (exact) mass is 423 g/mol. The van der Waals surface area contributed by atoms with Gasteiger partial charge in [-0.1, -0.05) is 11.6 Å². The zero-order valence-electron chi connectivity index (χ0n) is 18.1. The molecule has 1 N–H and O–H groups in total. The van der Waals surface area contributed by atoms with Crippen LogP contribution in [0.15, 0.2) is 29.1 Å². The van der Waals surface area contributed by atoms with Crippen LogP contribution in [0.3, 0.4) is 0 Å². The van der Waals surface area contributed by atoms with E-state index >= 15 is 0 Å². The SMILES string of the molecule is COCCn1nnnc1[C@H](c1cc2cc(C)ccc2[nH]c1=O)N1CCN2CCC[C@@H]2C1. The third kappa shape index (κ3) is 3.88. The van der Waals surface area contributed by atoms with Crippen LogP contribution in [0, 0.1) is 6.92 Å². The molecule has 164 valence electrons. The zero-order valence-corrected chi connectivity index (χ0v) is 18.1. The van der Waals surface area contributed by atoms with E-state index in [-0.39, 0.29) is 11.6 Å². The molecule has 9 nitrogen and oxygen atoms in total. The third-order valence-electron chi connectivity index (χ3n) is 6.62. The maximum absolute atomic E-state index is 13.3. The van der Waals surface area contributed by atoms with E-state index in [0.717, 1.165) is 36.1 Å². The summed E-state index contributed by atoms with van der Waals surface area (Å²) in [5, 5.41) is 13.5. The Bertz CT molecular complexity index is 1120. The smallest absolute Gasteiger partial charge is 0.253 e. The summed E-state index contributed by atoms with van der Waals surface area (Å²) >= 11 is 0. The maximum atomic E-state index is 13.3. The molecule has 2 atom stereocenters. The first-order valence-corrected chi connectivity index (χ1v) is 11.0. The van der Waals surface area contributed by atoms with Gasteiger partial charge in [0, 0.05) is 43.9 Å². The summed E-state index contributed by atoms with van der Waals surface area (Å²) < 4.78 is 7.02. The zero-order chi connectivity index (χ0) is 21.4.